The second kappa shape index (κ2) is 19.9. The molecule has 9 atom stereocenters. The number of fused-ring (bicyclic) bond motifs is 3. The topological polar surface area (TPSA) is 196 Å². The van der Waals surface area contributed by atoms with Crippen molar-refractivity contribution in [3.8, 4) is 22.6 Å². The molecule has 63 heavy (non-hydrogen) atoms. The highest BCUT2D eigenvalue weighted by molar-refractivity contribution is 8.76. The van der Waals surface area contributed by atoms with Crippen LogP contribution in [-0.2, 0) is 14.3 Å². The van der Waals surface area contributed by atoms with E-state index in [1.807, 2.05) is 19.4 Å². The minimum absolute atomic E-state index is 0.0332. The largest absolute Gasteiger partial charge is 0.508 e. The molecule has 332 valence electrons. The van der Waals surface area contributed by atoms with Crippen molar-refractivity contribution >= 4 is 44.1 Å². The van der Waals surface area contributed by atoms with Crippen molar-refractivity contribution < 1.29 is 43.8 Å². The van der Waals surface area contributed by atoms with Gasteiger partial charge in [-0.15, -0.1) is 0 Å². The van der Waals surface area contributed by atoms with Crippen LogP contribution in [0.15, 0.2) is 119 Å². The summed E-state index contributed by atoms with van der Waals surface area (Å²) in [6, 6.07) is 21.4. The Balaban J connectivity index is 1.07. The van der Waals surface area contributed by atoms with Crippen molar-refractivity contribution in [2.24, 2.45) is 11.8 Å². The number of aliphatic hydroxyl groups is 2. The highest BCUT2D eigenvalue weighted by atomic mass is 33.1. The summed E-state index contributed by atoms with van der Waals surface area (Å²) < 4.78 is 24.2. The van der Waals surface area contributed by atoms with Crippen LogP contribution in [0.1, 0.15) is 48.3 Å². The van der Waals surface area contributed by atoms with Crippen LogP contribution in [-0.4, -0.2) is 100.0 Å². The number of carboxylic acid groups (broad SMARTS) is 1. The van der Waals surface area contributed by atoms with Gasteiger partial charge < -0.3 is 54.7 Å². The molecule has 3 aromatic carbocycles. The first-order chi connectivity index (χ1) is 30.5. The number of hydrogen-bond donors (Lipinski definition) is 7. The predicted octanol–water partition coefficient (Wildman–Crippen LogP) is 6.87. The SMILES string of the molecule is CNCC[C@@H]1C=C/C(=C\C[C@H](C)[C@H]2CNC[C@]3(O)[C@H](Oc4ccc5c(=O)c(-c6ccc(O)cc6)coc5c4)O[C@H](C(=O)O)[C@@H](O)[C@@H]3OCSSC[C@@H]2c2cc[nH]c2)c2ccccc21. The molecule has 0 spiro atoms. The second-order valence-corrected chi connectivity index (χ2v) is 18.9. The monoisotopic (exact) mass is 895 g/mol. The van der Waals surface area contributed by atoms with Crippen molar-refractivity contribution in [3.63, 3.8) is 0 Å². The van der Waals surface area contributed by atoms with Crippen molar-refractivity contribution in [1.82, 2.24) is 15.6 Å². The van der Waals surface area contributed by atoms with Gasteiger partial charge in [-0.3, -0.25) is 4.79 Å². The number of carbonyl (C=O) groups is 1. The van der Waals surface area contributed by atoms with Gasteiger partial charge in [0.05, 0.1) is 10.9 Å². The summed E-state index contributed by atoms with van der Waals surface area (Å²) in [5.74, 6) is 0.214. The number of H-pyrrole nitrogens is 1. The molecular weight excluding hydrogens is 843 g/mol. The zero-order valence-corrected chi connectivity index (χ0v) is 36.6. The van der Waals surface area contributed by atoms with Crippen LogP contribution >= 0.6 is 21.6 Å². The molecule has 8 rings (SSSR count). The van der Waals surface area contributed by atoms with Crippen molar-refractivity contribution in [2.75, 3.05) is 38.4 Å². The molecule has 3 aliphatic rings. The Morgan fingerprint density at radius 1 is 1.10 bits per heavy atom. The number of phenols is 1. The molecule has 0 bridgehead atoms. The van der Waals surface area contributed by atoms with Gasteiger partial charge in [-0.25, -0.2) is 4.79 Å². The second-order valence-electron chi connectivity index (χ2n) is 16.5. The number of aliphatic hydroxyl groups excluding tert-OH is 1. The first-order valence-corrected chi connectivity index (χ1v) is 23.7. The van der Waals surface area contributed by atoms with Crippen molar-refractivity contribution in [3.05, 3.63) is 137 Å². The molecule has 0 radical (unpaired) electrons. The summed E-state index contributed by atoms with van der Waals surface area (Å²) in [4.78, 5) is 29.2. The first kappa shape index (κ1) is 44.8. The van der Waals surface area contributed by atoms with Crippen molar-refractivity contribution in [1.29, 1.82) is 0 Å². The van der Waals surface area contributed by atoms with Gasteiger partial charge in [0, 0.05) is 36.7 Å². The maximum atomic E-state index is 13.5. The smallest absolute Gasteiger partial charge is 0.335 e. The molecule has 2 fully saturated rings. The van der Waals surface area contributed by atoms with Crippen LogP contribution in [0.4, 0.5) is 0 Å². The van der Waals surface area contributed by atoms with Crippen LogP contribution in [0.5, 0.6) is 11.5 Å². The standard InChI is InChI=1S/C48H53N3O10S2/c1-28(7-8-29-9-10-31(17-19-49-2)36-6-4-3-5-35(29)36)38-23-51-26-48(57)45(59-27-63-62-25-40(38)32-18-20-50-22-32)43(54)44(46(55)56)61-47(48)60-34-15-16-37-41(21-34)58-24-39(42(37)53)30-11-13-33(52)14-12-30/h3-6,8-16,18,20-22,24,28,31,38,40,43-45,47,49-52,54,57H,7,17,19,23,25-27H2,1-2H3,(H,55,56)/b29-8+/t28-,31-,38+,40+,43+,44-,45-,47+,48+/m0/s1. The summed E-state index contributed by atoms with van der Waals surface area (Å²) in [6.07, 6.45) is 7.38. The minimum atomic E-state index is -2.10. The highest BCUT2D eigenvalue weighted by Gasteiger charge is 2.59. The van der Waals surface area contributed by atoms with Gasteiger partial charge in [0.2, 0.25) is 6.29 Å². The van der Waals surface area contributed by atoms with Gasteiger partial charge in [-0.05, 0) is 109 Å². The number of aromatic hydroxyl groups is 1. The fourth-order valence-corrected chi connectivity index (χ4v) is 11.1. The van der Waals surface area contributed by atoms with Crippen LogP contribution in [0.25, 0.3) is 27.7 Å². The van der Waals surface area contributed by atoms with E-state index in [9.17, 15) is 30.0 Å². The van der Waals surface area contributed by atoms with E-state index < -0.39 is 36.2 Å². The molecule has 0 amide bonds. The summed E-state index contributed by atoms with van der Waals surface area (Å²) in [5.41, 5.74) is 3.57. The molecule has 0 saturated carbocycles. The van der Waals surface area contributed by atoms with E-state index in [0.29, 0.717) is 23.6 Å². The van der Waals surface area contributed by atoms with E-state index in [1.54, 1.807) is 22.9 Å². The van der Waals surface area contributed by atoms with Gasteiger partial charge in [0.1, 0.15) is 41.5 Å². The van der Waals surface area contributed by atoms with Gasteiger partial charge in [-0.1, -0.05) is 83.1 Å². The average molecular weight is 896 g/mol. The molecule has 13 nitrogen and oxygen atoms in total. The van der Waals surface area contributed by atoms with Crippen LogP contribution < -0.4 is 20.8 Å². The lowest BCUT2D eigenvalue weighted by Gasteiger charge is -2.48. The van der Waals surface area contributed by atoms with Gasteiger partial charge in [0.15, 0.2) is 17.1 Å². The number of benzene rings is 3. The maximum Gasteiger partial charge on any atom is 0.335 e. The normalized spacial score (nSPS) is 27.7. The van der Waals surface area contributed by atoms with Gasteiger partial charge >= 0.3 is 5.97 Å². The Labute approximate surface area is 373 Å². The minimum Gasteiger partial charge on any atom is -0.508 e. The zero-order valence-electron chi connectivity index (χ0n) is 35.0. The number of β-amino-alcohol motifs (C(OH)–C–C–N with tert-alkyl or cyclic N) is 1. The Kier molecular flexibility index (Phi) is 14.1. The van der Waals surface area contributed by atoms with E-state index in [-0.39, 0.29) is 58.1 Å². The Morgan fingerprint density at radius 2 is 1.92 bits per heavy atom. The van der Waals surface area contributed by atoms with E-state index >= 15 is 0 Å². The van der Waals surface area contributed by atoms with E-state index in [0.717, 1.165) is 25.1 Å². The number of aliphatic carboxylic acids is 1. The number of aromatic nitrogens is 1. The number of ether oxygens (including phenoxy) is 3. The van der Waals surface area contributed by atoms with E-state index in [4.69, 9.17) is 18.6 Å². The third-order valence-electron chi connectivity index (χ3n) is 12.5. The third-order valence-corrected chi connectivity index (χ3v) is 14.6. The molecule has 0 unspecified atom stereocenters. The Hall–Kier alpha value is -4.84. The van der Waals surface area contributed by atoms with E-state index in [1.165, 1.54) is 69.7 Å². The lowest BCUT2D eigenvalue weighted by atomic mass is 9.77. The number of nitrogens with one attached hydrogen (secondary N) is 3. The highest BCUT2D eigenvalue weighted by Crippen LogP contribution is 2.42. The summed E-state index contributed by atoms with van der Waals surface area (Å²) in [7, 11) is 5.02. The van der Waals surface area contributed by atoms with Crippen molar-refractivity contribution in [2.45, 2.75) is 61.8 Å². The van der Waals surface area contributed by atoms with E-state index in [2.05, 4.69) is 71.1 Å². The zero-order chi connectivity index (χ0) is 44.1. The number of carboxylic acids is 1. The average Bonchev–Trinajstić information content (AvgIpc) is 3.82. The number of hydrogen-bond acceptors (Lipinski definition) is 13. The summed E-state index contributed by atoms with van der Waals surface area (Å²) in [5, 5.41) is 51.1. The molecule has 4 heterocycles. The number of phenolic OH excluding ortho intramolecular Hbond substituents is 1. The lowest BCUT2D eigenvalue weighted by Crippen LogP contribution is -2.72. The van der Waals surface area contributed by atoms with Crippen LogP contribution in [0, 0.1) is 11.8 Å². The molecule has 2 saturated heterocycles. The molecule has 7 N–H and O–H groups in total. The maximum absolute atomic E-state index is 13.5. The molecule has 1 aliphatic carbocycles. The van der Waals surface area contributed by atoms with Crippen LogP contribution in [0.2, 0.25) is 0 Å². The van der Waals surface area contributed by atoms with Crippen LogP contribution in [0.3, 0.4) is 0 Å². The molecule has 2 aromatic heterocycles. The Morgan fingerprint density at radius 3 is 2.70 bits per heavy atom. The fourth-order valence-electron chi connectivity index (χ4n) is 9.01. The molecule has 2 aliphatic heterocycles. The number of rotatable bonds is 11. The molecule has 5 aromatic rings. The number of allylic oxidation sites excluding steroid dienone is 4. The first-order valence-electron chi connectivity index (χ1n) is 21.2. The third kappa shape index (κ3) is 9.66. The number of aromatic amines is 1. The lowest BCUT2D eigenvalue weighted by molar-refractivity contribution is -0.316. The summed E-state index contributed by atoms with van der Waals surface area (Å²) >= 11 is 0. The van der Waals surface area contributed by atoms with Gasteiger partial charge in [0.25, 0.3) is 0 Å². The fraction of sp³-hybridized carbons (Fsp3) is 0.375. The molecule has 15 heteroatoms. The quantitative estimate of drug-likeness (QED) is 0.0679. The molecular formula is C48H53N3O10S2. The van der Waals surface area contributed by atoms with Gasteiger partial charge in [-0.2, -0.15) is 0 Å². The summed E-state index contributed by atoms with van der Waals surface area (Å²) in [6.45, 7) is 3.45. The predicted molar refractivity (Wildman–Crippen MR) is 246 cm³/mol. The Bertz CT molecular complexity index is 2480.